The first kappa shape index (κ1) is 24.1. The van der Waals surface area contributed by atoms with Gasteiger partial charge in [-0.15, -0.1) is 0 Å². The summed E-state index contributed by atoms with van der Waals surface area (Å²) in [6, 6.07) is 24.5. The maximum absolute atomic E-state index is 12.8. The highest BCUT2D eigenvalue weighted by Crippen LogP contribution is 2.41. The van der Waals surface area contributed by atoms with Crippen molar-refractivity contribution in [3.63, 3.8) is 0 Å². The summed E-state index contributed by atoms with van der Waals surface area (Å²) >= 11 is 7.40. The van der Waals surface area contributed by atoms with Gasteiger partial charge in [-0.25, -0.2) is 5.01 Å². The van der Waals surface area contributed by atoms with Gasteiger partial charge in [0.1, 0.15) is 11.0 Å². The van der Waals surface area contributed by atoms with Crippen molar-refractivity contribution in [1.82, 2.24) is 5.01 Å². The third-order valence-corrected chi connectivity index (χ3v) is 7.43. The molecule has 182 valence electrons. The molecule has 0 saturated heterocycles. The number of ether oxygens (including phenoxy) is 1. The first-order chi connectivity index (χ1) is 17.5. The number of hydrogen-bond donors (Lipinski definition) is 1. The van der Waals surface area contributed by atoms with Crippen molar-refractivity contribution in [1.29, 1.82) is 0 Å². The monoisotopic (exact) mass is 518 g/mol. The van der Waals surface area contributed by atoms with Crippen molar-refractivity contribution in [3.05, 3.63) is 95.0 Å². The van der Waals surface area contributed by atoms with Crippen LogP contribution in [0, 0.1) is 0 Å². The van der Waals surface area contributed by atoms with E-state index in [-0.39, 0.29) is 24.3 Å². The largest absolute Gasteiger partial charge is 0.496 e. The van der Waals surface area contributed by atoms with E-state index in [4.69, 9.17) is 21.4 Å². The van der Waals surface area contributed by atoms with E-state index in [1.54, 1.807) is 36.4 Å². The smallest absolute Gasteiger partial charge is 0.262 e. The molecule has 0 bridgehead atoms. The molecule has 3 aromatic rings. The molecule has 2 amide bonds. The minimum Gasteiger partial charge on any atom is -0.496 e. The second-order valence-electron chi connectivity index (χ2n) is 8.29. The molecule has 2 aliphatic heterocycles. The summed E-state index contributed by atoms with van der Waals surface area (Å²) in [6.07, 6.45) is 0.597. The second kappa shape index (κ2) is 10.6. The average Bonchev–Trinajstić information content (AvgIpc) is 3.50. The number of methoxy groups -OCH3 is 1. The third-order valence-electron chi connectivity index (χ3n) is 5.96. The van der Waals surface area contributed by atoms with Gasteiger partial charge in [-0.1, -0.05) is 84.0 Å². The minimum absolute atomic E-state index is 0.0237. The summed E-state index contributed by atoms with van der Waals surface area (Å²) in [6.45, 7) is 0. The Morgan fingerprint density at radius 2 is 1.81 bits per heavy atom. The number of carbonyl (C=O) groups is 2. The van der Waals surface area contributed by atoms with Crippen LogP contribution in [0.1, 0.15) is 30.0 Å². The Morgan fingerprint density at radius 3 is 2.58 bits per heavy atom. The van der Waals surface area contributed by atoms with Crippen LogP contribution in [0.4, 0.5) is 5.69 Å². The number of halogens is 1. The molecule has 2 heterocycles. The van der Waals surface area contributed by atoms with Gasteiger partial charge in [-0.3, -0.25) is 9.59 Å². The maximum atomic E-state index is 12.8. The number of amidine groups is 1. The third kappa shape index (κ3) is 5.01. The molecule has 0 unspecified atom stereocenters. The van der Waals surface area contributed by atoms with E-state index in [0.717, 1.165) is 22.6 Å². The maximum Gasteiger partial charge on any atom is 0.262 e. The van der Waals surface area contributed by atoms with Crippen molar-refractivity contribution < 1.29 is 14.3 Å². The fourth-order valence-electron chi connectivity index (χ4n) is 4.21. The van der Waals surface area contributed by atoms with Crippen molar-refractivity contribution in [2.24, 2.45) is 10.1 Å². The summed E-state index contributed by atoms with van der Waals surface area (Å²) in [5.74, 6) is 0.0793. The van der Waals surface area contributed by atoms with E-state index in [1.165, 1.54) is 11.8 Å². The summed E-state index contributed by atoms with van der Waals surface area (Å²) in [5.41, 5.74) is 3.35. The van der Waals surface area contributed by atoms with Gasteiger partial charge in [-0.2, -0.15) is 10.1 Å². The number of hydrazone groups is 1. The Kier molecular flexibility index (Phi) is 7.06. The topological polar surface area (TPSA) is 83.4 Å². The van der Waals surface area contributed by atoms with Crippen LogP contribution >= 0.6 is 23.4 Å². The number of amides is 2. The van der Waals surface area contributed by atoms with Gasteiger partial charge in [0.15, 0.2) is 5.17 Å². The Hall–Kier alpha value is -3.62. The molecule has 0 saturated carbocycles. The Bertz CT molecular complexity index is 1360. The number of nitrogens with zero attached hydrogens (tertiary/aromatic N) is 3. The minimum atomic E-state index is -0.642. The first-order valence-electron chi connectivity index (χ1n) is 11.4. The van der Waals surface area contributed by atoms with Crippen LogP contribution in [0.3, 0.4) is 0 Å². The number of thioether (sulfide) groups is 1. The first-order valence-corrected chi connectivity index (χ1v) is 12.7. The summed E-state index contributed by atoms with van der Waals surface area (Å²) in [4.78, 5) is 29.8. The van der Waals surface area contributed by atoms with Crippen LogP contribution in [-0.2, 0) is 9.59 Å². The SMILES string of the molecule is COc1ccccc1[C@H]1CC(c2ccccc2)=NN1C1=NC(=O)[C@@H](CC(=O)Nc2ccccc2Cl)S1. The Labute approximate surface area is 218 Å². The average molecular weight is 519 g/mol. The normalized spacial score (nSPS) is 19.2. The fraction of sp³-hybridized carbons (Fsp3) is 0.185. The standard InChI is InChI=1S/C27H23ClN4O3S/c1-35-23-14-8-5-11-18(23)22-15-21(17-9-3-2-4-10-17)31-32(22)27-30-26(34)24(36-27)16-25(33)29-20-13-7-6-12-19(20)28/h2-14,22,24H,15-16H2,1H3,(H,29,33)/t22-,24-/m1/s1. The van der Waals surface area contributed by atoms with Crippen LogP contribution < -0.4 is 10.1 Å². The fourth-order valence-corrected chi connectivity index (χ4v) is 5.46. The van der Waals surface area contributed by atoms with Gasteiger partial charge < -0.3 is 10.1 Å². The lowest BCUT2D eigenvalue weighted by atomic mass is 9.98. The van der Waals surface area contributed by atoms with Crippen molar-refractivity contribution in [2.45, 2.75) is 24.1 Å². The predicted octanol–water partition coefficient (Wildman–Crippen LogP) is 5.53. The molecule has 2 aliphatic rings. The highest BCUT2D eigenvalue weighted by molar-refractivity contribution is 8.15. The molecule has 1 N–H and O–H groups in total. The molecule has 9 heteroatoms. The molecule has 3 aromatic carbocycles. The number of rotatable bonds is 6. The summed E-state index contributed by atoms with van der Waals surface area (Å²) in [5, 5.41) is 9.70. The van der Waals surface area contributed by atoms with Crippen LogP contribution in [0.15, 0.2) is 89.0 Å². The number of aliphatic imine (C=N–C) groups is 1. The van der Waals surface area contributed by atoms with Crippen molar-refractivity contribution >= 4 is 51.7 Å². The molecule has 36 heavy (non-hydrogen) atoms. The van der Waals surface area contributed by atoms with Crippen LogP contribution in [0.25, 0.3) is 0 Å². The summed E-state index contributed by atoms with van der Waals surface area (Å²) in [7, 11) is 1.64. The van der Waals surface area contributed by atoms with Crippen molar-refractivity contribution in [3.8, 4) is 5.75 Å². The number of carbonyl (C=O) groups excluding carboxylic acids is 2. The summed E-state index contributed by atoms with van der Waals surface area (Å²) < 4.78 is 5.62. The Balaban J connectivity index is 1.38. The Morgan fingerprint density at radius 1 is 1.08 bits per heavy atom. The quantitative estimate of drug-likeness (QED) is 0.464. The molecule has 2 atom stereocenters. The van der Waals surface area contributed by atoms with E-state index in [0.29, 0.717) is 22.3 Å². The van der Waals surface area contributed by atoms with Crippen molar-refractivity contribution in [2.75, 3.05) is 12.4 Å². The molecule has 0 aliphatic carbocycles. The molecule has 0 aromatic heterocycles. The number of nitrogens with one attached hydrogen (secondary N) is 1. The van der Waals surface area contributed by atoms with Gasteiger partial charge >= 0.3 is 0 Å². The number of anilines is 1. The predicted molar refractivity (Wildman–Crippen MR) is 144 cm³/mol. The lowest BCUT2D eigenvalue weighted by molar-refractivity contribution is -0.121. The molecule has 5 rings (SSSR count). The van der Waals surface area contributed by atoms with E-state index in [9.17, 15) is 9.59 Å². The van der Waals surface area contributed by atoms with Gasteiger partial charge in [0.2, 0.25) is 5.91 Å². The molecule has 0 spiro atoms. The van der Waals surface area contributed by atoms with Crippen LogP contribution in [0.5, 0.6) is 5.75 Å². The zero-order valence-corrected chi connectivity index (χ0v) is 21.0. The van der Waals surface area contributed by atoms with Gasteiger partial charge in [0.05, 0.1) is 29.6 Å². The number of para-hydroxylation sites is 2. The van der Waals surface area contributed by atoms with Crippen LogP contribution in [-0.4, -0.2) is 40.1 Å². The highest BCUT2D eigenvalue weighted by atomic mass is 35.5. The molecule has 0 fully saturated rings. The van der Waals surface area contributed by atoms with Gasteiger partial charge in [0.25, 0.3) is 5.91 Å². The molecule has 0 radical (unpaired) electrons. The van der Waals surface area contributed by atoms with E-state index in [1.807, 2.05) is 54.6 Å². The van der Waals surface area contributed by atoms with Gasteiger partial charge in [-0.05, 0) is 23.8 Å². The number of benzene rings is 3. The number of hydrogen-bond acceptors (Lipinski definition) is 6. The zero-order chi connectivity index (χ0) is 25.1. The zero-order valence-electron chi connectivity index (χ0n) is 19.4. The lowest BCUT2D eigenvalue weighted by Crippen LogP contribution is -2.25. The molecule has 7 nitrogen and oxygen atoms in total. The molecular weight excluding hydrogens is 496 g/mol. The van der Waals surface area contributed by atoms with E-state index < -0.39 is 5.25 Å². The molecular formula is C27H23ClN4O3S. The van der Waals surface area contributed by atoms with E-state index in [2.05, 4.69) is 10.3 Å². The lowest BCUT2D eigenvalue weighted by Gasteiger charge is -2.24. The second-order valence-corrected chi connectivity index (χ2v) is 9.87. The highest BCUT2D eigenvalue weighted by Gasteiger charge is 2.40. The van der Waals surface area contributed by atoms with E-state index >= 15 is 0 Å². The van der Waals surface area contributed by atoms with Gasteiger partial charge in [0, 0.05) is 18.4 Å². The van der Waals surface area contributed by atoms with Crippen LogP contribution in [0.2, 0.25) is 5.02 Å².